The van der Waals surface area contributed by atoms with Gasteiger partial charge in [0.1, 0.15) is 11.6 Å². The average molecular weight is 455 g/mol. The largest absolute Gasteiger partial charge is 0.469 e. The minimum Gasteiger partial charge on any atom is -0.469 e. The number of methoxy groups -OCH3 is 1. The molecule has 4 rings (SSSR count). The molecule has 0 saturated carbocycles. The first-order valence-electron chi connectivity index (χ1n) is 11.0. The summed E-state index contributed by atoms with van der Waals surface area (Å²) in [5.74, 6) is -1.01. The number of nitrogens with zero attached hydrogens (tertiary/aromatic N) is 2. The Hall–Kier alpha value is -3.49. The van der Waals surface area contributed by atoms with E-state index in [1.165, 1.54) is 25.3 Å². The summed E-state index contributed by atoms with van der Waals surface area (Å²) in [7, 11) is 1.37. The Morgan fingerprint density at radius 3 is 2.61 bits per heavy atom. The zero-order chi connectivity index (χ0) is 23.5. The summed E-state index contributed by atoms with van der Waals surface area (Å²) in [6.07, 6.45) is 3.11. The van der Waals surface area contributed by atoms with Crippen molar-refractivity contribution in [2.24, 2.45) is 11.0 Å². The topological polar surface area (TPSA) is 101 Å². The second-order valence-electron chi connectivity index (χ2n) is 8.28. The summed E-state index contributed by atoms with van der Waals surface area (Å²) in [6.45, 7) is 2.70. The van der Waals surface area contributed by atoms with Crippen molar-refractivity contribution < 1.29 is 27.9 Å². The highest BCUT2D eigenvalue weighted by Gasteiger charge is 2.33. The molecule has 33 heavy (non-hydrogen) atoms. The molecule has 174 valence electrons. The van der Waals surface area contributed by atoms with Gasteiger partial charge in [0.15, 0.2) is 5.76 Å². The van der Waals surface area contributed by atoms with Crippen molar-refractivity contribution in [3.8, 4) is 0 Å². The van der Waals surface area contributed by atoms with Crippen LogP contribution in [0, 0.1) is 18.7 Å². The molecule has 0 unspecified atom stereocenters. The quantitative estimate of drug-likeness (QED) is 0.564. The predicted molar refractivity (Wildman–Crippen MR) is 117 cm³/mol. The number of piperidine rings is 1. The first-order chi connectivity index (χ1) is 15.9. The maximum atomic E-state index is 13.9. The van der Waals surface area contributed by atoms with E-state index >= 15 is 0 Å². The van der Waals surface area contributed by atoms with Gasteiger partial charge < -0.3 is 14.1 Å². The molecule has 0 atom stereocenters. The van der Waals surface area contributed by atoms with Crippen LogP contribution < -0.4 is 5.43 Å². The van der Waals surface area contributed by atoms with Crippen LogP contribution in [-0.2, 0) is 16.0 Å². The standard InChI is InChI=1S/C24H26FN3O5/c1-14-20-18(26-27-22(29)16-6-3-4-7-17(16)25)8-5-9-19(20)33-21(14)23(30)28-12-10-15(11-13-28)24(31)32-2/h3-4,6-7,15H,5,8-13H2,1-2H3,(H,27,29)/b26-18+. The van der Waals surface area contributed by atoms with E-state index in [9.17, 15) is 18.8 Å². The van der Waals surface area contributed by atoms with Gasteiger partial charge in [0.05, 0.1) is 24.3 Å². The second kappa shape index (κ2) is 9.56. The lowest BCUT2D eigenvalue weighted by Crippen LogP contribution is -2.40. The number of carbonyl (C=O) groups is 3. The number of nitrogens with one attached hydrogen (secondary N) is 1. The number of fused-ring (bicyclic) bond motifs is 1. The normalized spacial score (nSPS) is 17.5. The summed E-state index contributed by atoms with van der Waals surface area (Å²) in [5, 5.41) is 4.24. The number of likely N-dealkylation sites (tertiary alicyclic amines) is 1. The summed E-state index contributed by atoms with van der Waals surface area (Å²) in [5.41, 5.74) is 4.34. The second-order valence-corrected chi connectivity index (χ2v) is 8.28. The van der Waals surface area contributed by atoms with E-state index in [0.29, 0.717) is 55.8 Å². The summed E-state index contributed by atoms with van der Waals surface area (Å²) in [4.78, 5) is 38.9. The highest BCUT2D eigenvalue weighted by atomic mass is 19.1. The molecule has 1 aromatic heterocycles. The smallest absolute Gasteiger partial charge is 0.308 e. The molecule has 2 amide bonds. The lowest BCUT2D eigenvalue weighted by Gasteiger charge is -2.30. The Bertz CT molecular complexity index is 1120. The number of hydrogen-bond donors (Lipinski definition) is 1. The number of rotatable bonds is 4. The van der Waals surface area contributed by atoms with E-state index in [4.69, 9.17) is 9.15 Å². The summed E-state index contributed by atoms with van der Waals surface area (Å²) in [6, 6.07) is 5.69. The van der Waals surface area contributed by atoms with Crippen molar-refractivity contribution in [1.82, 2.24) is 10.3 Å². The molecule has 8 nitrogen and oxygen atoms in total. The Morgan fingerprint density at radius 1 is 1.18 bits per heavy atom. The lowest BCUT2D eigenvalue weighted by molar-refractivity contribution is -0.146. The maximum absolute atomic E-state index is 13.9. The fourth-order valence-electron chi connectivity index (χ4n) is 4.44. The number of benzene rings is 1. The van der Waals surface area contributed by atoms with Gasteiger partial charge in [0.2, 0.25) is 0 Å². The molecule has 1 fully saturated rings. The van der Waals surface area contributed by atoms with E-state index in [0.717, 1.165) is 12.0 Å². The zero-order valence-corrected chi connectivity index (χ0v) is 18.7. The molecule has 2 aromatic rings. The minimum atomic E-state index is -0.640. The first kappa shape index (κ1) is 22.7. The van der Waals surface area contributed by atoms with E-state index in [1.54, 1.807) is 17.9 Å². The number of amides is 2. The number of hydrogen-bond acceptors (Lipinski definition) is 6. The van der Waals surface area contributed by atoms with E-state index in [2.05, 4.69) is 10.5 Å². The fraction of sp³-hybridized carbons (Fsp3) is 0.417. The van der Waals surface area contributed by atoms with Crippen molar-refractivity contribution in [3.05, 3.63) is 58.3 Å². The molecule has 2 aliphatic rings. The molecule has 1 aliphatic carbocycles. The average Bonchev–Trinajstić information content (AvgIpc) is 3.19. The molecule has 0 spiro atoms. The van der Waals surface area contributed by atoms with Gasteiger partial charge in [0, 0.05) is 30.6 Å². The monoisotopic (exact) mass is 455 g/mol. The van der Waals surface area contributed by atoms with Crippen LogP contribution in [0.5, 0.6) is 0 Å². The van der Waals surface area contributed by atoms with Gasteiger partial charge in [-0.1, -0.05) is 12.1 Å². The van der Waals surface area contributed by atoms with Gasteiger partial charge in [0.25, 0.3) is 11.8 Å². The SMILES string of the molecule is COC(=O)C1CCN(C(=O)c2oc3c(c2C)/C(=N/NC(=O)c2ccccc2F)CCC3)CC1. The van der Waals surface area contributed by atoms with Crippen molar-refractivity contribution in [1.29, 1.82) is 0 Å². The minimum absolute atomic E-state index is 0.0898. The summed E-state index contributed by atoms with van der Waals surface area (Å²) >= 11 is 0. The van der Waals surface area contributed by atoms with Crippen molar-refractivity contribution in [2.45, 2.75) is 39.0 Å². The number of hydrazone groups is 1. The molecule has 1 N–H and O–H groups in total. The van der Waals surface area contributed by atoms with Crippen LogP contribution in [0.25, 0.3) is 0 Å². The fourth-order valence-corrected chi connectivity index (χ4v) is 4.44. The highest BCUT2D eigenvalue weighted by Crippen LogP contribution is 2.31. The third kappa shape index (κ3) is 4.53. The molecule has 0 bridgehead atoms. The van der Waals surface area contributed by atoms with Gasteiger partial charge in [-0.3, -0.25) is 14.4 Å². The van der Waals surface area contributed by atoms with Crippen LogP contribution in [-0.4, -0.2) is 48.6 Å². The number of halogens is 1. The van der Waals surface area contributed by atoms with Gasteiger partial charge in [-0.05, 0) is 44.7 Å². The van der Waals surface area contributed by atoms with Crippen LogP contribution in [0.4, 0.5) is 4.39 Å². The Balaban J connectivity index is 1.51. The molecule has 1 saturated heterocycles. The number of furan rings is 1. The molecule has 2 heterocycles. The number of esters is 1. The van der Waals surface area contributed by atoms with Crippen LogP contribution in [0.1, 0.15) is 63.5 Å². The van der Waals surface area contributed by atoms with Gasteiger partial charge in [-0.15, -0.1) is 0 Å². The van der Waals surface area contributed by atoms with Crippen LogP contribution >= 0.6 is 0 Å². The Morgan fingerprint density at radius 2 is 1.91 bits per heavy atom. The number of carbonyl (C=O) groups excluding carboxylic acids is 3. The van der Waals surface area contributed by atoms with Gasteiger partial charge in [-0.25, -0.2) is 9.82 Å². The zero-order valence-electron chi connectivity index (χ0n) is 18.7. The third-order valence-electron chi connectivity index (χ3n) is 6.25. The van der Waals surface area contributed by atoms with Crippen LogP contribution in [0.15, 0.2) is 33.8 Å². The molecule has 0 radical (unpaired) electrons. The van der Waals surface area contributed by atoms with Gasteiger partial charge in [-0.2, -0.15) is 5.10 Å². The summed E-state index contributed by atoms with van der Waals surface area (Å²) < 4.78 is 24.6. The first-order valence-corrected chi connectivity index (χ1v) is 11.0. The maximum Gasteiger partial charge on any atom is 0.308 e. The van der Waals surface area contributed by atoms with E-state index < -0.39 is 11.7 Å². The third-order valence-corrected chi connectivity index (χ3v) is 6.25. The molecular weight excluding hydrogens is 429 g/mol. The van der Waals surface area contributed by atoms with Crippen LogP contribution in [0.3, 0.4) is 0 Å². The molecule has 1 aliphatic heterocycles. The Labute approximate surface area is 190 Å². The van der Waals surface area contributed by atoms with Gasteiger partial charge >= 0.3 is 5.97 Å². The van der Waals surface area contributed by atoms with Crippen molar-refractivity contribution in [2.75, 3.05) is 20.2 Å². The molecular formula is C24H26FN3O5. The molecule has 9 heteroatoms. The number of aryl methyl sites for hydroxylation is 1. The Kier molecular flexibility index (Phi) is 6.57. The van der Waals surface area contributed by atoms with Crippen molar-refractivity contribution in [3.63, 3.8) is 0 Å². The predicted octanol–water partition coefficient (Wildman–Crippen LogP) is 3.22. The highest BCUT2D eigenvalue weighted by molar-refractivity contribution is 6.07. The number of ether oxygens (including phenoxy) is 1. The van der Waals surface area contributed by atoms with Crippen molar-refractivity contribution >= 4 is 23.5 Å². The molecule has 1 aromatic carbocycles. The van der Waals surface area contributed by atoms with E-state index in [1.807, 2.05) is 0 Å². The van der Waals surface area contributed by atoms with Crippen LogP contribution in [0.2, 0.25) is 0 Å². The van der Waals surface area contributed by atoms with E-state index in [-0.39, 0.29) is 29.1 Å². The lowest BCUT2D eigenvalue weighted by atomic mass is 9.93.